The molecule has 0 radical (unpaired) electrons. The molecule has 1 aliphatic carbocycles. The lowest BCUT2D eigenvalue weighted by atomic mass is 10.1. The molecule has 0 aromatic heterocycles. The van der Waals surface area contributed by atoms with Gasteiger partial charge in [-0.25, -0.2) is 0 Å². The highest BCUT2D eigenvalue weighted by Gasteiger charge is 2.41. The van der Waals surface area contributed by atoms with Gasteiger partial charge in [0, 0.05) is 26.1 Å². The van der Waals surface area contributed by atoms with E-state index in [0.717, 1.165) is 19.3 Å². The minimum atomic E-state index is -0.915. The Bertz CT molecular complexity index is 419. The summed E-state index contributed by atoms with van der Waals surface area (Å²) in [6, 6.07) is -0.394. The van der Waals surface area contributed by atoms with Crippen molar-refractivity contribution in [3.8, 4) is 0 Å². The third kappa shape index (κ3) is 3.11. The Balaban J connectivity index is 1.96. The predicted molar refractivity (Wildman–Crippen MR) is 71.9 cm³/mol. The Morgan fingerprint density at radius 3 is 2.50 bits per heavy atom. The predicted octanol–water partition coefficient (Wildman–Crippen LogP) is 0.567. The largest absolute Gasteiger partial charge is 0.481 e. The number of likely N-dealkylation sites (N-methyl/N-ethyl adjacent to an activating group) is 1. The van der Waals surface area contributed by atoms with Crippen molar-refractivity contribution in [1.82, 2.24) is 9.80 Å². The number of carbonyl (C=O) groups is 3. The second kappa shape index (κ2) is 5.81. The van der Waals surface area contributed by atoms with Gasteiger partial charge in [0.25, 0.3) is 0 Å². The van der Waals surface area contributed by atoms with E-state index in [1.807, 2.05) is 0 Å². The molecule has 6 nitrogen and oxygen atoms in total. The van der Waals surface area contributed by atoms with Crippen molar-refractivity contribution < 1.29 is 19.5 Å². The summed E-state index contributed by atoms with van der Waals surface area (Å²) in [6.07, 6.45) is 3.39. The number of carboxylic acid groups (broad SMARTS) is 1. The second-order valence-electron chi connectivity index (χ2n) is 5.92. The maximum atomic E-state index is 12.4. The summed E-state index contributed by atoms with van der Waals surface area (Å²) < 4.78 is 0. The maximum Gasteiger partial charge on any atom is 0.308 e. The van der Waals surface area contributed by atoms with Gasteiger partial charge in [-0.1, -0.05) is 6.92 Å². The molecule has 1 saturated carbocycles. The van der Waals surface area contributed by atoms with Crippen LogP contribution in [0.1, 0.15) is 32.6 Å². The van der Waals surface area contributed by atoms with Gasteiger partial charge < -0.3 is 14.9 Å². The first-order chi connectivity index (χ1) is 9.41. The molecule has 2 atom stereocenters. The van der Waals surface area contributed by atoms with E-state index in [9.17, 15) is 14.4 Å². The Kier molecular flexibility index (Phi) is 4.30. The molecule has 112 valence electrons. The maximum absolute atomic E-state index is 12.4. The van der Waals surface area contributed by atoms with Gasteiger partial charge in [-0.15, -0.1) is 0 Å². The quantitative estimate of drug-likeness (QED) is 0.799. The topological polar surface area (TPSA) is 77.9 Å². The Morgan fingerprint density at radius 2 is 1.95 bits per heavy atom. The van der Waals surface area contributed by atoms with Crippen LogP contribution >= 0.6 is 0 Å². The lowest BCUT2D eigenvalue weighted by Crippen LogP contribution is -2.48. The molecule has 1 heterocycles. The minimum absolute atomic E-state index is 0.0977. The molecule has 2 fully saturated rings. The molecule has 2 amide bonds. The van der Waals surface area contributed by atoms with Gasteiger partial charge in [-0.2, -0.15) is 0 Å². The summed E-state index contributed by atoms with van der Waals surface area (Å²) in [7, 11) is 1.61. The van der Waals surface area contributed by atoms with Crippen molar-refractivity contribution in [3.05, 3.63) is 0 Å². The molecule has 6 heteroatoms. The van der Waals surface area contributed by atoms with Gasteiger partial charge in [0.1, 0.15) is 6.04 Å². The van der Waals surface area contributed by atoms with E-state index in [2.05, 4.69) is 0 Å². The van der Waals surface area contributed by atoms with Crippen LogP contribution in [0.25, 0.3) is 0 Å². The first-order valence-corrected chi connectivity index (χ1v) is 7.20. The zero-order valence-corrected chi connectivity index (χ0v) is 12.0. The van der Waals surface area contributed by atoms with Crippen molar-refractivity contribution in [3.63, 3.8) is 0 Å². The van der Waals surface area contributed by atoms with E-state index in [1.165, 1.54) is 4.90 Å². The molecule has 20 heavy (non-hydrogen) atoms. The summed E-state index contributed by atoms with van der Waals surface area (Å²) in [5.41, 5.74) is 0. The van der Waals surface area contributed by atoms with Crippen molar-refractivity contribution in [1.29, 1.82) is 0 Å². The normalized spacial score (nSPS) is 23.5. The number of rotatable bonds is 5. The zero-order chi connectivity index (χ0) is 14.9. The number of hydrogen-bond donors (Lipinski definition) is 1. The van der Waals surface area contributed by atoms with Crippen LogP contribution in [-0.4, -0.2) is 58.9 Å². The summed E-state index contributed by atoms with van der Waals surface area (Å²) in [5.74, 6) is -1.43. The Morgan fingerprint density at radius 1 is 1.30 bits per heavy atom. The van der Waals surface area contributed by atoms with Crippen LogP contribution in [0.15, 0.2) is 0 Å². The minimum Gasteiger partial charge on any atom is -0.481 e. The molecule has 0 aromatic carbocycles. The molecule has 2 rings (SSSR count). The number of carboxylic acids is 1. The van der Waals surface area contributed by atoms with Crippen molar-refractivity contribution in [2.45, 2.75) is 38.6 Å². The SMILES string of the molecule is CC(CN(C)C(=O)C1CCCN1C(=O)C1CC1)C(=O)O. The molecule has 1 aliphatic heterocycles. The average Bonchev–Trinajstić information content (AvgIpc) is 3.14. The van der Waals surface area contributed by atoms with Crippen LogP contribution in [0.5, 0.6) is 0 Å². The molecule has 0 aromatic rings. The number of carbonyl (C=O) groups excluding carboxylic acids is 2. The van der Waals surface area contributed by atoms with Crippen LogP contribution in [0, 0.1) is 11.8 Å². The number of nitrogens with zero attached hydrogens (tertiary/aromatic N) is 2. The van der Waals surface area contributed by atoms with Gasteiger partial charge in [-0.3, -0.25) is 14.4 Å². The standard InChI is InChI=1S/C14H22N2O4/c1-9(14(19)20)8-15(2)13(18)11-4-3-7-16(11)12(17)10-5-6-10/h9-11H,3-8H2,1-2H3,(H,19,20). The molecular formula is C14H22N2O4. The van der Waals surface area contributed by atoms with E-state index in [4.69, 9.17) is 5.11 Å². The Hall–Kier alpha value is -1.59. The summed E-state index contributed by atoms with van der Waals surface area (Å²) >= 11 is 0. The molecule has 1 saturated heterocycles. The summed E-state index contributed by atoms with van der Waals surface area (Å²) in [6.45, 7) is 2.40. The van der Waals surface area contributed by atoms with Gasteiger partial charge in [0.2, 0.25) is 11.8 Å². The fourth-order valence-corrected chi connectivity index (χ4v) is 2.69. The fourth-order valence-electron chi connectivity index (χ4n) is 2.69. The number of hydrogen-bond acceptors (Lipinski definition) is 3. The van der Waals surface area contributed by atoms with E-state index in [-0.39, 0.29) is 24.3 Å². The molecule has 2 aliphatic rings. The van der Waals surface area contributed by atoms with E-state index in [0.29, 0.717) is 13.0 Å². The van der Waals surface area contributed by atoms with Gasteiger partial charge in [-0.05, 0) is 25.7 Å². The molecule has 0 bridgehead atoms. The first kappa shape index (κ1) is 14.8. The fraction of sp³-hybridized carbons (Fsp3) is 0.786. The molecule has 2 unspecified atom stereocenters. The third-order valence-corrected chi connectivity index (χ3v) is 4.09. The highest BCUT2D eigenvalue weighted by molar-refractivity contribution is 5.90. The molecule has 0 spiro atoms. The molecular weight excluding hydrogens is 260 g/mol. The lowest BCUT2D eigenvalue weighted by Gasteiger charge is -2.29. The summed E-state index contributed by atoms with van der Waals surface area (Å²) in [4.78, 5) is 38.5. The van der Waals surface area contributed by atoms with Crippen molar-refractivity contribution in [2.75, 3.05) is 20.1 Å². The van der Waals surface area contributed by atoms with Gasteiger partial charge in [0.15, 0.2) is 0 Å². The number of amides is 2. The lowest BCUT2D eigenvalue weighted by molar-refractivity contribution is -0.146. The van der Waals surface area contributed by atoms with Gasteiger partial charge >= 0.3 is 5.97 Å². The average molecular weight is 282 g/mol. The zero-order valence-electron chi connectivity index (χ0n) is 12.0. The van der Waals surface area contributed by atoms with Crippen molar-refractivity contribution in [2.24, 2.45) is 11.8 Å². The smallest absolute Gasteiger partial charge is 0.308 e. The monoisotopic (exact) mass is 282 g/mol. The Labute approximate surface area is 118 Å². The van der Waals surface area contributed by atoms with Crippen LogP contribution in [-0.2, 0) is 14.4 Å². The van der Waals surface area contributed by atoms with Crippen molar-refractivity contribution >= 4 is 17.8 Å². The number of aliphatic carboxylic acids is 1. The first-order valence-electron chi connectivity index (χ1n) is 7.20. The van der Waals surface area contributed by atoms with E-state index < -0.39 is 17.9 Å². The van der Waals surface area contributed by atoms with Gasteiger partial charge in [0.05, 0.1) is 5.92 Å². The highest BCUT2D eigenvalue weighted by atomic mass is 16.4. The number of likely N-dealkylation sites (tertiary alicyclic amines) is 1. The highest BCUT2D eigenvalue weighted by Crippen LogP contribution is 2.34. The van der Waals surface area contributed by atoms with Crippen LogP contribution in [0.3, 0.4) is 0 Å². The third-order valence-electron chi connectivity index (χ3n) is 4.09. The van der Waals surface area contributed by atoms with E-state index in [1.54, 1.807) is 18.9 Å². The van der Waals surface area contributed by atoms with Crippen LogP contribution in [0.2, 0.25) is 0 Å². The van der Waals surface area contributed by atoms with E-state index >= 15 is 0 Å². The molecule has 1 N–H and O–H groups in total. The second-order valence-corrected chi connectivity index (χ2v) is 5.92. The van der Waals surface area contributed by atoms with Crippen LogP contribution in [0.4, 0.5) is 0 Å². The summed E-state index contributed by atoms with van der Waals surface area (Å²) in [5, 5.41) is 8.90. The van der Waals surface area contributed by atoms with Crippen LogP contribution < -0.4 is 0 Å².